The van der Waals surface area contributed by atoms with Gasteiger partial charge in [0.05, 0.1) is 29.3 Å². The molecule has 35 heavy (non-hydrogen) atoms. The maximum atomic E-state index is 14.4. The molecule has 1 aliphatic rings. The zero-order valence-electron chi connectivity index (χ0n) is 18.9. The van der Waals surface area contributed by atoms with Gasteiger partial charge in [0, 0.05) is 51.2 Å². The molecule has 0 aliphatic carbocycles. The third-order valence-electron chi connectivity index (χ3n) is 6.02. The molecule has 0 unspecified atom stereocenters. The second-order valence-corrected chi connectivity index (χ2v) is 8.22. The molecule has 1 fully saturated rings. The number of carbonyl (C=O) groups excluding carboxylic acids is 1. The predicted molar refractivity (Wildman–Crippen MR) is 128 cm³/mol. The lowest BCUT2D eigenvalue weighted by Crippen LogP contribution is -2.51. The number of benzene rings is 2. The molecule has 2 amide bonds. The predicted octanol–water partition coefficient (Wildman–Crippen LogP) is 3.30. The number of nitrogens with zero attached hydrogens (tertiary/aromatic N) is 6. The highest BCUT2D eigenvalue weighted by molar-refractivity contribution is 5.74. The van der Waals surface area contributed by atoms with Gasteiger partial charge in [-0.15, -0.1) is 0 Å². The van der Waals surface area contributed by atoms with Gasteiger partial charge < -0.3 is 19.7 Å². The summed E-state index contributed by atoms with van der Waals surface area (Å²) in [6.07, 6.45) is 4.81. The molecular weight excluding hydrogens is 447 g/mol. The molecule has 10 heteroatoms. The zero-order chi connectivity index (χ0) is 24.2. The second-order valence-electron chi connectivity index (χ2n) is 8.22. The SMILES string of the molecule is N#Cc1ccc(-c2cc(N3CCN(C(=O)NCc4ccc(-n5ccnc5)c(F)c4)CC3)n[nH]2)cc1. The fourth-order valence-electron chi connectivity index (χ4n) is 4.04. The van der Waals surface area contributed by atoms with Gasteiger partial charge in [0.25, 0.3) is 0 Å². The number of piperazine rings is 1. The summed E-state index contributed by atoms with van der Waals surface area (Å²) < 4.78 is 16.0. The average molecular weight is 471 g/mol. The zero-order valence-corrected chi connectivity index (χ0v) is 18.9. The highest BCUT2D eigenvalue weighted by Crippen LogP contribution is 2.23. The molecule has 0 spiro atoms. The summed E-state index contributed by atoms with van der Waals surface area (Å²) in [5, 5.41) is 19.3. The van der Waals surface area contributed by atoms with Gasteiger partial charge in [0.2, 0.25) is 0 Å². The third kappa shape index (κ3) is 4.84. The van der Waals surface area contributed by atoms with Gasteiger partial charge in [-0.2, -0.15) is 10.4 Å². The van der Waals surface area contributed by atoms with Crippen LogP contribution in [0.3, 0.4) is 0 Å². The quantitative estimate of drug-likeness (QED) is 0.466. The van der Waals surface area contributed by atoms with Gasteiger partial charge in [-0.1, -0.05) is 18.2 Å². The van der Waals surface area contributed by atoms with E-state index in [-0.39, 0.29) is 18.4 Å². The van der Waals surface area contributed by atoms with E-state index in [1.165, 1.54) is 12.4 Å². The Morgan fingerprint density at radius 1 is 1.11 bits per heavy atom. The molecule has 5 rings (SSSR count). The molecule has 0 atom stereocenters. The molecule has 2 N–H and O–H groups in total. The number of halogens is 1. The number of aromatic nitrogens is 4. The summed E-state index contributed by atoms with van der Waals surface area (Å²) in [5.41, 5.74) is 3.53. The van der Waals surface area contributed by atoms with Crippen molar-refractivity contribution < 1.29 is 9.18 Å². The number of urea groups is 1. The Bertz CT molecular complexity index is 1350. The normalized spacial score (nSPS) is 13.5. The van der Waals surface area contributed by atoms with Crippen molar-refractivity contribution in [2.24, 2.45) is 0 Å². The van der Waals surface area contributed by atoms with Crippen molar-refractivity contribution in [3.8, 4) is 23.0 Å². The summed E-state index contributed by atoms with van der Waals surface area (Å²) in [7, 11) is 0. The van der Waals surface area contributed by atoms with Crippen LogP contribution >= 0.6 is 0 Å². The first-order chi connectivity index (χ1) is 17.1. The minimum Gasteiger partial charge on any atom is -0.352 e. The molecule has 9 nitrogen and oxygen atoms in total. The van der Waals surface area contributed by atoms with E-state index in [1.54, 1.807) is 46.1 Å². The molecule has 2 aromatic heterocycles. The number of hydrogen-bond acceptors (Lipinski definition) is 5. The lowest BCUT2D eigenvalue weighted by atomic mass is 10.1. The standard InChI is InChI=1S/C25H23FN8O/c26-21-13-19(3-6-23(21)34-8-7-28-17-34)16-29-25(35)33-11-9-32(10-12-33)24-14-22(30-31-24)20-4-1-18(15-27)2-5-20/h1-8,13-14,17H,9-12,16H2,(H,29,35)(H,30,31). The number of nitriles is 1. The van der Waals surface area contributed by atoms with Crippen molar-refractivity contribution in [3.05, 3.63) is 84.2 Å². The van der Waals surface area contributed by atoms with Crippen molar-refractivity contribution in [3.63, 3.8) is 0 Å². The summed E-state index contributed by atoms with van der Waals surface area (Å²) in [6.45, 7) is 2.66. The first kappa shape index (κ1) is 22.2. The number of amides is 2. The number of imidazole rings is 1. The van der Waals surface area contributed by atoms with E-state index in [9.17, 15) is 9.18 Å². The van der Waals surface area contributed by atoms with E-state index in [0.29, 0.717) is 43.0 Å². The van der Waals surface area contributed by atoms with Crippen LogP contribution in [0.4, 0.5) is 15.0 Å². The van der Waals surface area contributed by atoms with E-state index >= 15 is 0 Å². The van der Waals surface area contributed by atoms with E-state index in [2.05, 4.69) is 31.5 Å². The first-order valence-corrected chi connectivity index (χ1v) is 11.2. The number of hydrogen-bond donors (Lipinski definition) is 2. The van der Waals surface area contributed by atoms with Crippen LogP contribution in [-0.2, 0) is 6.54 Å². The number of anilines is 1. The molecule has 3 heterocycles. The van der Waals surface area contributed by atoms with Gasteiger partial charge in [0.1, 0.15) is 5.82 Å². The number of carbonyl (C=O) groups is 1. The minimum absolute atomic E-state index is 0.177. The molecule has 0 bridgehead atoms. The lowest BCUT2D eigenvalue weighted by molar-refractivity contribution is 0.194. The van der Waals surface area contributed by atoms with Crippen molar-refractivity contribution in [2.45, 2.75) is 6.54 Å². The molecule has 4 aromatic rings. The smallest absolute Gasteiger partial charge is 0.317 e. The highest BCUT2D eigenvalue weighted by Gasteiger charge is 2.22. The Morgan fingerprint density at radius 2 is 1.91 bits per heavy atom. The van der Waals surface area contributed by atoms with Gasteiger partial charge in [0.15, 0.2) is 5.82 Å². The fourth-order valence-corrected chi connectivity index (χ4v) is 4.04. The summed E-state index contributed by atoms with van der Waals surface area (Å²) in [5.74, 6) is 0.445. The average Bonchev–Trinajstić information content (AvgIpc) is 3.61. The van der Waals surface area contributed by atoms with Crippen molar-refractivity contribution >= 4 is 11.8 Å². The fraction of sp³-hybridized carbons (Fsp3) is 0.200. The summed E-state index contributed by atoms with van der Waals surface area (Å²) in [6, 6.07) is 16.1. The Labute approximate surface area is 201 Å². The van der Waals surface area contributed by atoms with Gasteiger partial charge in [-0.05, 0) is 35.4 Å². The molecule has 2 aromatic carbocycles. The molecular formula is C25H23FN8O. The van der Waals surface area contributed by atoms with Crippen molar-refractivity contribution in [1.82, 2.24) is 30.0 Å². The largest absolute Gasteiger partial charge is 0.352 e. The Hall–Kier alpha value is -4.65. The number of aromatic amines is 1. The molecule has 176 valence electrons. The number of nitrogens with one attached hydrogen (secondary N) is 2. The number of rotatable bonds is 5. The topological polar surface area (TPSA) is 106 Å². The van der Waals surface area contributed by atoms with E-state index in [4.69, 9.17) is 5.26 Å². The van der Waals surface area contributed by atoms with E-state index in [1.807, 2.05) is 18.2 Å². The van der Waals surface area contributed by atoms with Crippen LogP contribution in [0.25, 0.3) is 16.9 Å². The van der Waals surface area contributed by atoms with Crippen LogP contribution in [-0.4, -0.2) is 56.9 Å². The van der Waals surface area contributed by atoms with Crippen molar-refractivity contribution in [1.29, 1.82) is 5.26 Å². The van der Waals surface area contributed by atoms with E-state index in [0.717, 1.165) is 17.1 Å². The summed E-state index contributed by atoms with van der Waals surface area (Å²) in [4.78, 5) is 20.4. The van der Waals surface area contributed by atoms with Crippen LogP contribution in [0.2, 0.25) is 0 Å². The van der Waals surface area contributed by atoms with Crippen LogP contribution in [0.15, 0.2) is 67.3 Å². The monoisotopic (exact) mass is 470 g/mol. The van der Waals surface area contributed by atoms with Gasteiger partial charge in [-0.3, -0.25) is 5.10 Å². The van der Waals surface area contributed by atoms with Crippen LogP contribution < -0.4 is 10.2 Å². The van der Waals surface area contributed by atoms with Crippen LogP contribution in [0, 0.1) is 17.1 Å². The lowest BCUT2D eigenvalue weighted by Gasteiger charge is -2.34. The van der Waals surface area contributed by atoms with Gasteiger partial charge >= 0.3 is 6.03 Å². The maximum absolute atomic E-state index is 14.4. The second kappa shape index (κ2) is 9.69. The van der Waals surface area contributed by atoms with Crippen LogP contribution in [0.5, 0.6) is 0 Å². The highest BCUT2D eigenvalue weighted by atomic mass is 19.1. The minimum atomic E-state index is -0.372. The Kier molecular flexibility index (Phi) is 6.13. The Balaban J connectivity index is 1.13. The first-order valence-electron chi connectivity index (χ1n) is 11.2. The van der Waals surface area contributed by atoms with E-state index < -0.39 is 0 Å². The molecule has 0 radical (unpaired) electrons. The molecule has 1 saturated heterocycles. The molecule has 1 aliphatic heterocycles. The third-order valence-corrected chi connectivity index (χ3v) is 6.02. The van der Waals surface area contributed by atoms with Crippen molar-refractivity contribution in [2.75, 3.05) is 31.1 Å². The maximum Gasteiger partial charge on any atom is 0.317 e. The molecule has 0 saturated carbocycles. The number of H-pyrrole nitrogens is 1. The van der Waals surface area contributed by atoms with Gasteiger partial charge in [-0.25, -0.2) is 14.2 Å². The summed E-state index contributed by atoms with van der Waals surface area (Å²) >= 11 is 0. The Morgan fingerprint density at radius 3 is 2.60 bits per heavy atom. The van der Waals surface area contributed by atoms with Crippen LogP contribution in [0.1, 0.15) is 11.1 Å².